The van der Waals surface area contributed by atoms with Crippen LogP contribution in [0.2, 0.25) is 0 Å². The number of hydrogen-bond acceptors (Lipinski definition) is 1. The molecule has 0 spiro atoms. The Morgan fingerprint density at radius 1 is 1.29 bits per heavy atom. The lowest BCUT2D eigenvalue weighted by molar-refractivity contribution is 0.377. The zero-order chi connectivity index (χ0) is 12.7. The molecule has 0 aromatic heterocycles. The fourth-order valence-electron chi connectivity index (χ4n) is 2.15. The van der Waals surface area contributed by atoms with Gasteiger partial charge >= 0.3 is 0 Å². The molecule has 1 rings (SSSR count). The SMILES string of the molecule is CCNC(CCCc1cccc(F)c1)C(C)C. The molecule has 0 amide bonds. The highest BCUT2D eigenvalue weighted by Crippen LogP contribution is 2.12. The van der Waals surface area contributed by atoms with Crippen LogP contribution in [0, 0.1) is 11.7 Å². The standard InChI is InChI=1S/C15H24FN/c1-4-17-15(12(2)3)10-6-8-13-7-5-9-14(16)11-13/h5,7,9,11-12,15,17H,4,6,8,10H2,1-3H3. The van der Waals surface area contributed by atoms with Crippen molar-refractivity contribution in [1.29, 1.82) is 0 Å². The van der Waals surface area contributed by atoms with Gasteiger partial charge in [-0.15, -0.1) is 0 Å². The second kappa shape index (κ2) is 7.44. The van der Waals surface area contributed by atoms with Crippen molar-refractivity contribution in [3.8, 4) is 0 Å². The Kier molecular flexibility index (Phi) is 6.20. The van der Waals surface area contributed by atoms with Crippen LogP contribution >= 0.6 is 0 Å². The molecule has 1 aromatic carbocycles. The van der Waals surface area contributed by atoms with Gasteiger partial charge in [0.1, 0.15) is 5.82 Å². The van der Waals surface area contributed by atoms with Crippen LogP contribution in [0.15, 0.2) is 24.3 Å². The normalized spacial score (nSPS) is 13.0. The Hall–Kier alpha value is -0.890. The molecule has 96 valence electrons. The highest BCUT2D eigenvalue weighted by molar-refractivity contribution is 5.16. The van der Waals surface area contributed by atoms with Gasteiger partial charge in [0.05, 0.1) is 0 Å². The van der Waals surface area contributed by atoms with E-state index in [2.05, 4.69) is 26.1 Å². The summed E-state index contributed by atoms with van der Waals surface area (Å²) in [6, 6.07) is 7.50. The quantitative estimate of drug-likeness (QED) is 0.761. The lowest BCUT2D eigenvalue weighted by Crippen LogP contribution is -2.33. The number of nitrogens with one attached hydrogen (secondary N) is 1. The highest BCUT2D eigenvalue weighted by Gasteiger charge is 2.11. The minimum atomic E-state index is -0.130. The van der Waals surface area contributed by atoms with Crippen LogP contribution in [-0.2, 0) is 6.42 Å². The monoisotopic (exact) mass is 237 g/mol. The molecule has 1 unspecified atom stereocenters. The summed E-state index contributed by atoms with van der Waals surface area (Å²) < 4.78 is 13.0. The molecule has 0 radical (unpaired) electrons. The molecule has 0 aliphatic rings. The van der Waals surface area contributed by atoms with E-state index in [9.17, 15) is 4.39 Å². The highest BCUT2D eigenvalue weighted by atomic mass is 19.1. The maximum atomic E-state index is 13.0. The lowest BCUT2D eigenvalue weighted by Gasteiger charge is -2.21. The van der Waals surface area contributed by atoms with Crippen LogP contribution in [0.1, 0.15) is 39.2 Å². The molecular formula is C15H24FN. The Morgan fingerprint density at radius 3 is 2.65 bits per heavy atom. The first-order chi connectivity index (χ1) is 8.13. The molecule has 17 heavy (non-hydrogen) atoms. The summed E-state index contributed by atoms with van der Waals surface area (Å²) in [5.41, 5.74) is 1.10. The Labute approximate surface area is 104 Å². The summed E-state index contributed by atoms with van der Waals surface area (Å²) in [7, 11) is 0. The maximum absolute atomic E-state index is 13.0. The van der Waals surface area contributed by atoms with E-state index in [-0.39, 0.29) is 5.82 Å². The fourth-order valence-corrected chi connectivity index (χ4v) is 2.15. The zero-order valence-corrected chi connectivity index (χ0v) is 11.2. The average Bonchev–Trinajstić information content (AvgIpc) is 2.28. The molecule has 0 saturated carbocycles. The molecule has 0 bridgehead atoms. The average molecular weight is 237 g/mol. The van der Waals surface area contributed by atoms with E-state index in [4.69, 9.17) is 0 Å². The molecule has 1 aromatic rings. The summed E-state index contributed by atoms with van der Waals surface area (Å²) in [5, 5.41) is 3.51. The van der Waals surface area contributed by atoms with Gasteiger partial charge < -0.3 is 5.32 Å². The first-order valence-corrected chi connectivity index (χ1v) is 6.61. The molecule has 2 heteroatoms. The maximum Gasteiger partial charge on any atom is 0.123 e. The second-order valence-corrected chi connectivity index (χ2v) is 4.93. The van der Waals surface area contributed by atoms with Crippen molar-refractivity contribution in [2.75, 3.05) is 6.54 Å². The smallest absolute Gasteiger partial charge is 0.123 e. The zero-order valence-electron chi connectivity index (χ0n) is 11.2. The van der Waals surface area contributed by atoms with Crippen LogP contribution in [0.25, 0.3) is 0 Å². The first kappa shape index (κ1) is 14.2. The summed E-state index contributed by atoms with van der Waals surface area (Å²) in [6.45, 7) is 7.65. The van der Waals surface area contributed by atoms with E-state index >= 15 is 0 Å². The van der Waals surface area contributed by atoms with Crippen molar-refractivity contribution < 1.29 is 4.39 Å². The molecule has 0 aliphatic carbocycles. The second-order valence-electron chi connectivity index (χ2n) is 4.93. The molecule has 0 saturated heterocycles. The van der Waals surface area contributed by atoms with Crippen molar-refractivity contribution in [3.63, 3.8) is 0 Å². The van der Waals surface area contributed by atoms with E-state index in [1.807, 2.05) is 6.07 Å². The topological polar surface area (TPSA) is 12.0 Å². The Balaban J connectivity index is 2.35. The molecule has 0 aliphatic heterocycles. The molecule has 1 atom stereocenters. The summed E-state index contributed by atoms with van der Waals surface area (Å²) >= 11 is 0. The van der Waals surface area contributed by atoms with Crippen molar-refractivity contribution in [3.05, 3.63) is 35.6 Å². The van der Waals surface area contributed by atoms with Gasteiger partial charge in [0, 0.05) is 6.04 Å². The fraction of sp³-hybridized carbons (Fsp3) is 0.600. The van der Waals surface area contributed by atoms with Gasteiger partial charge in [0.15, 0.2) is 0 Å². The minimum Gasteiger partial charge on any atom is -0.314 e. The molecule has 0 heterocycles. The largest absolute Gasteiger partial charge is 0.314 e. The Bertz CT molecular complexity index is 322. The van der Waals surface area contributed by atoms with E-state index in [1.54, 1.807) is 12.1 Å². The van der Waals surface area contributed by atoms with Gasteiger partial charge in [0.2, 0.25) is 0 Å². The van der Waals surface area contributed by atoms with Crippen molar-refractivity contribution in [1.82, 2.24) is 5.32 Å². The van der Waals surface area contributed by atoms with Gasteiger partial charge in [-0.1, -0.05) is 32.9 Å². The van der Waals surface area contributed by atoms with Gasteiger partial charge in [-0.3, -0.25) is 0 Å². The lowest BCUT2D eigenvalue weighted by atomic mass is 9.97. The molecule has 1 N–H and O–H groups in total. The molecule has 0 fully saturated rings. The van der Waals surface area contributed by atoms with Crippen LogP contribution in [-0.4, -0.2) is 12.6 Å². The summed E-state index contributed by atoms with van der Waals surface area (Å²) in [5.74, 6) is 0.525. The van der Waals surface area contributed by atoms with Crippen LogP contribution in [0.5, 0.6) is 0 Å². The number of rotatable bonds is 7. The number of benzene rings is 1. The summed E-state index contributed by atoms with van der Waals surface area (Å²) in [4.78, 5) is 0. The van der Waals surface area contributed by atoms with E-state index in [1.165, 1.54) is 6.07 Å². The van der Waals surface area contributed by atoms with E-state index in [0.29, 0.717) is 12.0 Å². The van der Waals surface area contributed by atoms with Crippen LogP contribution in [0.3, 0.4) is 0 Å². The van der Waals surface area contributed by atoms with Crippen molar-refractivity contribution >= 4 is 0 Å². The molecular weight excluding hydrogens is 213 g/mol. The van der Waals surface area contributed by atoms with Crippen LogP contribution in [0.4, 0.5) is 4.39 Å². The summed E-state index contributed by atoms with van der Waals surface area (Å²) in [6.07, 6.45) is 3.23. The number of halogens is 1. The van der Waals surface area contributed by atoms with Gasteiger partial charge in [-0.05, 0) is 49.4 Å². The van der Waals surface area contributed by atoms with Gasteiger partial charge in [0.25, 0.3) is 0 Å². The van der Waals surface area contributed by atoms with E-state index in [0.717, 1.165) is 31.4 Å². The number of aryl methyl sites for hydroxylation is 1. The predicted octanol–water partition coefficient (Wildman–Crippen LogP) is 3.78. The van der Waals surface area contributed by atoms with Gasteiger partial charge in [-0.2, -0.15) is 0 Å². The first-order valence-electron chi connectivity index (χ1n) is 6.61. The third-order valence-corrected chi connectivity index (χ3v) is 3.14. The van der Waals surface area contributed by atoms with Crippen molar-refractivity contribution in [2.24, 2.45) is 5.92 Å². The van der Waals surface area contributed by atoms with Gasteiger partial charge in [-0.25, -0.2) is 4.39 Å². The van der Waals surface area contributed by atoms with Crippen molar-refractivity contribution in [2.45, 2.75) is 46.1 Å². The third kappa shape index (κ3) is 5.31. The van der Waals surface area contributed by atoms with E-state index < -0.39 is 0 Å². The third-order valence-electron chi connectivity index (χ3n) is 3.14. The Morgan fingerprint density at radius 2 is 2.06 bits per heavy atom. The predicted molar refractivity (Wildman–Crippen MR) is 71.6 cm³/mol. The minimum absolute atomic E-state index is 0.130. The van der Waals surface area contributed by atoms with Crippen LogP contribution < -0.4 is 5.32 Å². The molecule has 1 nitrogen and oxygen atoms in total. The number of hydrogen-bond donors (Lipinski definition) is 1.